The van der Waals surface area contributed by atoms with E-state index >= 15 is 0 Å². The third-order valence-electron chi connectivity index (χ3n) is 4.35. The van der Waals surface area contributed by atoms with Gasteiger partial charge in [0.2, 0.25) is 0 Å². The Hall–Kier alpha value is -2.04. The third kappa shape index (κ3) is 5.25. The zero-order valence-corrected chi connectivity index (χ0v) is 14.7. The molecule has 0 spiro atoms. The van der Waals surface area contributed by atoms with Gasteiger partial charge < -0.3 is 14.8 Å². The Balaban J connectivity index is 1.71. The van der Waals surface area contributed by atoms with Crippen molar-refractivity contribution >= 4 is 12.1 Å². The van der Waals surface area contributed by atoms with Gasteiger partial charge in [-0.25, -0.2) is 9.59 Å². The van der Waals surface area contributed by atoms with Gasteiger partial charge in [0.25, 0.3) is 0 Å². The maximum Gasteiger partial charge on any atom is 0.408 e. The number of hydrogen-bond acceptors (Lipinski definition) is 4. The molecule has 0 bridgehead atoms. The van der Waals surface area contributed by atoms with Gasteiger partial charge in [-0.05, 0) is 44.1 Å². The summed E-state index contributed by atoms with van der Waals surface area (Å²) in [5.74, 6) is -0.165. The lowest BCUT2D eigenvalue weighted by molar-refractivity contribution is -0.174. The molecule has 1 aliphatic rings. The second-order valence-electron chi connectivity index (χ2n) is 6.68. The van der Waals surface area contributed by atoms with E-state index in [2.05, 4.69) is 17.4 Å². The number of ether oxygens (including phenoxy) is 2. The van der Waals surface area contributed by atoms with Crippen LogP contribution in [0.25, 0.3) is 0 Å². The van der Waals surface area contributed by atoms with Crippen molar-refractivity contribution in [2.24, 2.45) is 5.92 Å². The first-order chi connectivity index (χ1) is 11.5. The van der Waals surface area contributed by atoms with Crippen LogP contribution in [0.3, 0.4) is 0 Å². The minimum Gasteiger partial charge on any atom is -0.458 e. The maximum absolute atomic E-state index is 12.0. The topological polar surface area (TPSA) is 64.6 Å². The number of aryl methyl sites for hydroxylation is 1. The van der Waals surface area contributed by atoms with Crippen molar-refractivity contribution in [1.29, 1.82) is 0 Å². The van der Waals surface area contributed by atoms with Crippen molar-refractivity contribution in [1.82, 2.24) is 5.32 Å². The smallest absolute Gasteiger partial charge is 0.408 e. The molecule has 24 heavy (non-hydrogen) atoms. The van der Waals surface area contributed by atoms with E-state index in [-0.39, 0.29) is 18.1 Å². The maximum atomic E-state index is 12.0. The predicted octanol–water partition coefficient (Wildman–Crippen LogP) is 3.46. The molecule has 132 valence electrons. The fourth-order valence-corrected chi connectivity index (χ4v) is 2.77. The first-order valence-corrected chi connectivity index (χ1v) is 8.69. The molecule has 1 heterocycles. The molecule has 0 radical (unpaired) electrons. The number of unbranched alkanes of at least 4 members (excludes halogenated alkanes) is 1. The zero-order chi connectivity index (χ0) is 17.5. The summed E-state index contributed by atoms with van der Waals surface area (Å²) < 4.78 is 10.3. The highest BCUT2D eigenvalue weighted by molar-refractivity contribution is 5.86. The molecule has 1 unspecified atom stereocenters. The summed E-state index contributed by atoms with van der Waals surface area (Å²) >= 11 is 0. The van der Waals surface area contributed by atoms with Crippen molar-refractivity contribution in [2.75, 3.05) is 0 Å². The Morgan fingerprint density at radius 1 is 1.25 bits per heavy atom. The quantitative estimate of drug-likeness (QED) is 0.584. The minimum absolute atomic E-state index is 0.146. The molecule has 3 atom stereocenters. The fraction of sp³-hybridized carbons (Fsp3) is 0.579. The monoisotopic (exact) mass is 333 g/mol. The highest BCUT2D eigenvalue weighted by Crippen LogP contribution is 2.18. The van der Waals surface area contributed by atoms with Crippen molar-refractivity contribution in [3.8, 4) is 0 Å². The lowest BCUT2D eigenvalue weighted by atomic mass is 9.99. The fourth-order valence-electron chi connectivity index (χ4n) is 2.77. The largest absolute Gasteiger partial charge is 0.458 e. The van der Waals surface area contributed by atoms with Crippen LogP contribution in [0, 0.1) is 5.92 Å². The molecule has 1 aliphatic heterocycles. The third-order valence-corrected chi connectivity index (χ3v) is 4.35. The molecule has 2 rings (SSSR count). The number of amides is 1. The van der Waals surface area contributed by atoms with E-state index in [4.69, 9.17) is 9.47 Å². The van der Waals surface area contributed by atoms with Crippen LogP contribution in [0.15, 0.2) is 30.3 Å². The lowest BCUT2D eigenvalue weighted by Crippen LogP contribution is -2.59. The van der Waals surface area contributed by atoms with Crippen LogP contribution in [0.2, 0.25) is 0 Å². The van der Waals surface area contributed by atoms with Gasteiger partial charge in [-0.3, -0.25) is 0 Å². The molecular weight excluding hydrogens is 306 g/mol. The van der Waals surface area contributed by atoms with Crippen molar-refractivity contribution in [2.45, 2.75) is 64.7 Å². The van der Waals surface area contributed by atoms with Crippen molar-refractivity contribution in [3.05, 3.63) is 35.9 Å². The van der Waals surface area contributed by atoms with E-state index in [0.717, 1.165) is 25.7 Å². The van der Waals surface area contributed by atoms with E-state index in [0.29, 0.717) is 0 Å². The Kier molecular flexibility index (Phi) is 6.64. The lowest BCUT2D eigenvalue weighted by Gasteiger charge is -2.33. The number of benzene rings is 1. The van der Waals surface area contributed by atoms with Crippen LogP contribution in [-0.4, -0.2) is 30.3 Å². The van der Waals surface area contributed by atoms with Gasteiger partial charge in [0.05, 0.1) is 0 Å². The highest BCUT2D eigenvalue weighted by Gasteiger charge is 2.41. The molecule has 5 nitrogen and oxygen atoms in total. The van der Waals surface area contributed by atoms with Crippen LogP contribution in [0.5, 0.6) is 0 Å². The Morgan fingerprint density at radius 2 is 1.96 bits per heavy atom. The molecule has 0 aromatic heterocycles. The van der Waals surface area contributed by atoms with Gasteiger partial charge in [0, 0.05) is 0 Å². The average molecular weight is 333 g/mol. The molecule has 0 aliphatic carbocycles. The second kappa shape index (κ2) is 8.71. The van der Waals surface area contributed by atoms with Crippen LogP contribution in [0.1, 0.15) is 45.6 Å². The van der Waals surface area contributed by atoms with Gasteiger partial charge in [0.15, 0.2) is 6.04 Å². The molecule has 1 saturated heterocycles. The Labute approximate surface area is 143 Å². The summed E-state index contributed by atoms with van der Waals surface area (Å²) in [6.07, 6.45) is 2.94. The van der Waals surface area contributed by atoms with Crippen LogP contribution in [-0.2, 0) is 20.7 Å². The summed E-state index contributed by atoms with van der Waals surface area (Å²) in [4.78, 5) is 23.2. The minimum atomic E-state index is -0.580. The SMILES string of the molecule is CC(C)C(CCCCc1ccccc1)OC(=O)N[C@H]1C(=O)O[C@H]1C. The van der Waals surface area contributed by atoms with Gasteiger partial charge in [-0.2, -0.15) is 0 Å². The highest BCUT2D eigenvalue weighted by atomic mass is 16.6. The summed E-state index contributed by atoms with van der Waals surface area (Å²) in [5.41, 5.74) is 1.33. The van der Waals surface area contributed by atoms with E-state index in [9.17, 15) is 9.59 Å². The number of hydrogen-bond donors (Lipinski definition) is 1. The number of esters is 1. The molecule has 1 fully saturated rings. The number of alkyl carbamates (subject to hydrolysis) is 1. The van der Waals surface area contributed by atoms with Crippen LogP contribution in [0.4, 0.5) is 4.79 Å². The molecule has 0 saturated carbocycles. The van der Waals surface area contributed by atoms with Gasteiger partial charge >= 0.3 is 12.1 Å². The number of rotatable bonds is 8. The summed E-state index contributed by atoms with van der Waals surface area (Å²) in [5, 5.41) is 2.58. The van der Waals surface area contributed by atoms with E-state index in [1.807, 2.05) is 32.0 Å². The van der Waals surface area contributed by atoms with Crippen LogP contribution >= 0.6 is 0 Å². The van der Waals surface area contributed by atoms with E-state index in [1.165, 1.54) is 5.56 Å². The molecular formula is C19H27NO4. The summed E-state index contributed by atoms with van der Waals surface area (Å²) in [6.45, 7) is 5.82. The Bertz CT molecular complexity index is 544. The van der Waals surface area contributed by atoms with Gasteiger partial charge in [0.1, 0.15) is 12.2 Å². The molecule has 5 heteroatoms. The molecule has 1 aromatic carbocycles. The van der Waals surface area contributed by atoms with E-state index < -0.39 is 18.1 Å². The van der Waals surface area contributed by atoms with Gasteiger partial charge in [-0.1, -0.05) is 44.2 Å². The number of carbonyl (C=O) groups is 2. The van der Waals surface area contributed by atoms with Crippen LogP contribution < -0.4 is 5.32 Å². The normalized spacial score (nSPS) is 20.9. The zero-order valence-electron chi connectivity index (χ0n) is 14.7. The van der Waals surface area contributed by atoms with Gasteiger partial charge in [-0.15, -0.1) is 0 Å². The standard InChI is InChI=1S/C19H27NO4/c1-13(2)16(12-8-7-11-15-9-5-4-6-10-15)24-19(22)20-17-14(3)23-18(17)21/h4-6,9-10,13-14,16-17H,7-8,11-12H2,1-3H3,(H,20,22)/t14-,16?,17+/m0/s1. The predicted molar refractivity (Wildman–Crippen MR) is 91.6 cm³/mol. The molecule has 1 amide bonds. The van der Waals surface area contributed by atoms with Crippen molar-refractivity contribution in [3.63, 3.8) is 0 Å². The Morgan fingerprint density at radius 3 is 2.54 bits per heavy atom. The molecule has 1 N–H and O–H groups in total. The summed E-state index contributed by atoms with van der Waals surface area (Å²) in [6, 6.07) is 9.79. The van der Waals surface area contributed by atoms with E-state index in [1.54, 1.807) is 6.92 Å². The second-order valence-corrected chi connectivity index (χ2v) is 6.68. The average Bonchev–Trinajstić information content (AvgIpc) is 2.56. The van der Waals surface area contributed by atoms with Crippen molar-refractivity contribution < 1.29 is 19.1 Å². The number of cyclic esters (lactones) is 1. The number of carbonyl (C=O) groups excluding carboxylic acids is 2. The first kappa shape index (κ1) is 18.3. The molecule has 1 aromatic rings. The number of nitrogens with one attached hydrogen (secondary N) is 1. The first-order valence-electron chi connectivity index (χ1n) is 8.69. The summed E-state index contributed by atoms with van der Waals surface area (Å²) in [7, 11) is 0.